The summed E-state index contributed by atoms with van der Waals surface area (Å²) in [6.07, 6.45) is 0. The van der Waals surface area contributed by atoms with Crippen molar-refractivity contribution in [1.82, 2.24) is 0 Å². The van der Waals surface area contributed by atoms with Gasteiger partial charge in [0.25, 0.3) is 10.0 Å². The third-order valence-corrected chi connectivity index (χ3v) is 7.34. The summed E-state index contributed by atoms with van der Waals surface area (Å²) >= 11 is 1.44. The van der Waals surface area contributed by atoms with Crippen LogP contribution in [0.4, 0.5) is 15.8 Å². The zero-order valence-corrected chi connectivity index (χ0v) is 17.7. The Balaban J connectivity index is 1.62. The number of hydrogen-bond donors (Lipinski definition) is 1. The second kappa shape index (κ2) is 8.12. The molecule has 1 saturated heterocycles. The van der Waals surface area contributed by atoms with E-state index < -0.39 is 10.0 Å². The molecule has 1 N–H and O–H groups in total. The minimum absolute atomic E-state index is 0.0813. The summed E-state index contributed by atoms with van der Waals surface area (Å²) in [5, 5.41) is -0.327. The average Bonchev–Trinajstić information content (AvgIpc) is 3.10. The van der Waals surface area contributed by atoms with Crippen LogP contribution >= 0.6 is 11.8 Å². The summed E-state index contributed by atoms with van der Waals surface area (Å²) in [5.41, 5.74) is 2.76. The summed E-state index contributed by atoms with van der Waals surface area (Å²) in [6.45, 7) is 1.89. The Labute approximate surface area is 179 Å². The van der Waals surface area contributed by atoms with Crippen molar-refractivity contribution in [2.75, 3.05) is 15.4 Å². The number of thioether (sulfide) groups is 1. The van der Waals surface area contributed by atoms with Gasteiger partial charge in [-0.3, -0.25) is 14.4 Å². The van der Waals surface area contributed by atoms with E-state index in [9.17, 15) is 17.6 Å². The van der Waals surface area contributed by atoms with E-state index in [-0.39, 0.29) is 22.0 Å². The molecule has 4 rings (SSSR count). The van der Waals surface area contributed by atoms with Crippen LogP contribution in [0.25, 0.3) is 0 Å². The lowest BCUT2D eigenvalue weighted by molar-refractivity contribution is -0.115. The minimum Gasteiger partial charge on any atom is -0.295 e. The second-order valence-electron chi connectivity index (χ2n) is 6.95. The Morgan fingerprint density at radius 3 is 2.43 bits per heavy atom. The summed E-state index contributed by atoms with van der Waals surface area (Å²) in [5.74, 6) is -0.161. The van der Waals surface area contributed by atoms with Gasteiger partial charge in [-0.1, -0.05) is 29.8 Å². The molecule has 1 amide bonds. The molecule has 0 saturated carbocycles. The average molecular weight is 443 g/mol. The molecule has 1 aliphatic heterocycles. The van der Waals surface area contributed by atoms with E-state index in [0.717, 1.165) is 11.1 Å². The van der Waals surface area contributed by atoms with Crippen molar-refractivity contribution in [2.24, 2.45) is 0 Å². The lowest BCUT2D eigenvalue weighted by Crippen LogP contribution is -2.27. The van der Waals surface area contributed by atoms with Gasteiger partial charge in [-0.2, -0.15) is 0 Å². The van der Waals surface area contributed by atoms with E-state index in [1.165, 1.54) is 23.9 Å². The van der Waals surface area contributed by atoms with E-state index in [1.807, 2.05) is 13.0 Å². The predicted octanol–water partition coefficient (Wildman–Crippen LogP) is 4.71. The number of nitrogens with zero attached hydrogens (tertiary/aromatic N) is 1. The number of carbonyl (C=O) groups is 1. The molecule has 0 spiro atoms. The molecule has 5 nitrogen and oxygen atoms in total. The van der Waals surface area contributed by atoms with Crippen molar-refractivity contribution in [3.05, 3.63) is 89.7 Å². The van der Waals surface area contributed by atoms with Gasteiger partial charge in [0.05, 0.1) is 10.6 Å². The number of benzene rings is 3. The van der Waals surface area contributed by atoms with Gasteiger partial charge < -0.3 is 0 Å². The van der Waals surface area contributed by atoms with Crippen molar-refractivity contribution in [1.29, 1.82) is 0 Å². The highest BCUT2D eigenvalue weighted by Gasteiger charge is 2.34. The highest BCUT2D eigenvalue weighted by molar-refractivity contribution is 8.00. The van der Waals surface area contributed by atoms with Gasteiger partial charge in [0.2, 0.25) is 5.91 Å². The number of anilines is 2. The Morgan fingerprint density at radius 2 is 1.73 bits per heavy atom. The third-order valence-electron chi connectivity index (χ3n) is 4.73. The van der Waals surface area contributed by atoms with Gasteiger partial charge in [0, 0.05) is 11.4 Å². The molecule has 1 fully saturated rings. The van der Waals surface area contributed by atoms with Crippen LogP contribution in [0.3, 0.4) is 0 Å². The highest BCUT2D eigenvalue weighted by atomic mass is 32.2. The SMILES string of the molecule is Cc1ccc(S(=O)(=O)Nc2cccc([C@H]3SCC(=O)N3c3ccc(F)cc3)c2)cc1. The van der Waals surface area contributed by atoms with Crippen LogP contribution in [-0.2, 0) is 14.8 Å². The molecule has 0 bridgehead atoms. The number of nitrogens with one attached hydrogen (secondary N) is 1. The third kappa shape index (κ3) is 4.20. The van der Waals surface area contributed by atoms with Crippen LogP contribution in [0.2, 0.25) is 0 Å². The number of rotatable bonds is 5. The van der Waals surface area contributed by atoms with Crippen LogP contribution in [0.5, 0.6) is 0 Å². The zero-order valence-electron chi connectivity index (χ0n) is 16.1. The Hall–Kier alpha value is -2.84. The molecule has 1 atom stereocenters. The number of amides is 1. The van der Waals surface area contributed by atoms with E-state index in [1.54, 1.807) is 59.5 Å². The molecular weight excluding hydrogens is 423 g/mol. The van der Waals surface area contributed by atoms with Crippen LogP contribution in [-0.4, -0.2) is 20.1 Å². The lowest BCUT2D eigenvalue weighted by Gasteiger charge is -2.24. The first-order valence-corrected chi connectivity index (χ1v) is 11.8. The molecule has 8 heteroatoms. The van der Waals surface area contributed by atoms with Crippen molar-refractivity contribution >= 4 is 39.1 Å². The van der Waals surface area contributed by atoms with Gasteiger partial charge in [-0.25, -0.2) is 12.8 Å². The van der Waals surface area contributed by atoms with Crippen molar-refractivity contribution in [2.45, 2.75) is 17.2 Å². The maximum Gasteiger partial charge on any atom is 0.261 e. The van der Waals surface area contributed by atoms with E-state index in [4.69, 9.17) is 0 Å². The Kier molecular flexibility index (Phi) is 5.53. The number of aryl methyl sites for hydroxylation is 1. The molecule has 1 heterocycles. The molecular formula is C22H19FN2O3S2. The first kappa shape index (κ1) is 20.4. The molecule has 154 valence electrons. The predicted molar refractivity (Wildman–Crippen MR) is 118 cm³/mol. The quantitative estimate of drug-likeness (QED) is 0.621. The van der Waals surface area contributed by atoms with Gasteiger partial charge in [-0.05, 0) is 61.0 Å². The lowest BCUT2D eigenvalue weighted by atomic mass is 10.1. The van der Waals surface area contributed by atoms with Gasteiger partial charge in [0.15, 0.2) is 0 Å². The fraction of sp³-hybridized carbons (Fsp3) is 0.136. The van der Waals surface area contributed by atoms with Crippen molar-refractivity contribution in [3.8, 4) is 0 Å². The monoisotopic (exact) mass is 442 g/mol. The van der Waals surface area contributed by atoms with E-state index in [0.29, 0.717) is 17.1 Å². The van der Waals surface area contributed by atoms with Gasteiger partial charge >= 0.3 is 0 Å². The van der Waals surface area contributed by atoms with Crippen LogP contribution < -0.4 is 9.62 Å². The standard InChI is InChI=1S/C22H19FN2O3S2/c1-15-5-11-20(12-6-15)30(27,28)24-18-4-2-3-16(13-18)22-25(21(26)14-29-22)19-9-7-17(23)8-10-19/h2-13,22,24H,14H2,1H3/t22-/m1/s1. The van der Waals surface area contributed by atoms with Crippen molar-refractivity contribution in [3.63, 3.8) is 0 Å². The molecule has 0 unspecified atom stereocenters. The maximum absolute atomic E-state index is 13.3. The Morgan fingerprint density at radius 1 is 1.03 bits per heavy atom. The van der Waals surface area contributed by atoms with Gasteiger partial charge in [0.1, 0.15) is 11.2 Å². The fourth-order valence-electron chi connectivity index (χ4n) is 3.24. The van der Waals surface area contributed by atoms with Gasteiger partial charge in [-0.15, -0.1) is 11.8 Å². The smallest absolute Gasteiger partial charge is 0.261 e. The topological polar surface area (TPSA) is 66.5 Å². The number of sulfonamides is 1. The summed E-state index contributed by atoms with van der Waals surface area (Å²) in [6, 6.07) is 19.3. The normalized spacial score (nSPS) is 16.7. The van der Waals surface area contributed by atoms with Crippen molar-refractivity contribution < 1.29 is 17.6 Å². The largest absolute Gasteiger partial charge is 0.295 e. The van der Waals surface area contributed by atoms with Crippen LogP contribution in [0.1, 0.15) is 16.5 Å². The van der Waals surface area contributed by atoms with E-state index in [2.05, 4.69) is 4.72 Å². The molecule has 3 aromatic rings. The number of carbonyl (C=O) groups excluding carboxylic acids is 1. The molecule has 30 heavy (non-hydrogen) atoms. The summed E-state index contributed by atoms with van der Waals surface area (Å²) < 4.78 is 41.3. The molecule has 3 aromatic carbocycles. The number of hydrogen-bond acceptors (Lipinski definition) is 4. The maximum atomic E-state index is 13.3. The summed E-state index contributed by atoms with van der Waals surface area (Å²) in [7, 11) is -3.73. The van der Waals surface area contributed by atoms with Crippen LogP contribution in [0.15, 0.2) is 77.7 Å². The zero-order chi connectivity index (χ0) is 21.3. The minimum atomic E-state index is -3.73. The second-order valence-corrected chi connectivity index (χ2v) is 9.70. The molecule has 1 aliphatic rings. The number of halogens is 1. The first-order chi connectivity index (χ1) is 14.3. The Bertz CT molecular complexity index is 1180. The molecule has 0 radical (unpaired) electrons. The first-order valence-electron chi connectivity index (χ1n) is 9.22. The summed E-state index contributed by atoms with van der Waals surface area (Å²) in [4.78, 5) is 14.3. The van der Waals surface area contributed by atoms with E-state index >= 15 is 0 Å². The molecule has 0 aliphatic carbocycles. The molecule has 0 aromatic heterocycles. The van der Waals surface area contributed by atoms with Crippen LogP contribution in [0, 0.1) is 12.7 Å². The highest BCUT2D eigenvalue weighted by Crippen LogP contribution is 2.42. The fourth-order valence-corrected chi connectivity index (χ4v) is 5.46.